The minimum absolute atomic E-state index is 0.123. The van der Waals surface area contributed by atoms with Gasteiger partial charge in [0.2, 0.25) is 5.91 Å². The van der Waals surface area contributed by atoms with E-state index in [9.17, 15) is 14.4 Å². The van der Waals surface area contributed by atoms with Gasteiger partial charge < -0.3 is 15.0 Å². The lowest BCUT2D eigenvalue weighted by Gasteiger charge is -2.18. The van der Waals surface area contributed by atoms with Gasteiger partial charge in [-0.3, -0.25) is 9.59 Å². The van der Waals surface area contributed by atoms with Crippen molar-refractivity contribution >= 4 is 34.8 Å². The van der Waals surface area contributed by atoms with Gasteiger partial charge in [-0.1, -0.05) is 18.2 Å². The van der Waals surface area contributed by atoms with E-state index in [1.165, 1.54) is 23.3 Å². The van der Waals surface area contributed by atoms with E-state index in [-0.39, 0.29) is 12.5 Å². The van der Waals surface area contributed by atoms with Crippen LogP contribution in [0.25, 0.3) is 0 Å². The van der Waals surface area contributed by atoms with Crippen LogP contribution in [0.3, 0.4) is 0 Å². The number of hydrogen-bond acceptors (Lipinski definition) is 5. The van der Waals surface area contributed by atoms with E-state index in [1.807, 2.05) is 45.0 Å². The Morgan fingerprint density at radius 1 is 1.08 bits per heavy atom. The van der Waals surface area contributed by atoms with Gasteiger partial charge >= 0.3 is 5.97 Å². The summed E-state index contributed by atoms with van der Waals surface area (Å²) in [6, 6.07) is 9.20. The number of esters is 1. The molecule has 0 aliphatic heterocycles. The Labute approximate surface area is 156 Å². The average Bonchev–Trinajstić information content (AvgIpc) is 3.02. The molecule has 0 fully saturated rings. The fraction of sp³-hybridized carbons (Fsp3) is 0.316. The predicted molar refractivity (Wildman–Crippen MR) is 102 cm³/mol. The second kappa shape index (κ2) is 8.62. The highest BCUT2D eigenvalue weighted by molar-refractivity contribution is 7.13. The van der Waals surface area contributed by atoms with Gasteiger partial charge in [0.15, 0.2) is 6.61 Å². The monoisotopic (exact) mass is 374 g/mol. The van der Waals surface area contributed by atoms with Crippen molar-refractivity contribution < 1.29 is 19.1 Å². The van der Waals surface area contributed by atoms with Crippen LogP contribution in [0.4, 0.5) is 5.69 Å². The molecule has 0 unspecified atom stereocenters. The smallest absolute Gasteiger partial charge is 0.348 e. The second-order valence-electron chi connectivity index (χ2n) is 6.05. The number of thiophene rings is 1. The number of anilines is 1. The maximum Gasteiger partial charge on any atom is 0.348 e. The Morgan fingerprint density at radius 3 is 2.31 bits per heavy atom. The van der Waals surface area contributed by atoms with E-state index in [0.717, 1.165) is 21.7 Å². The third kappa shape index (κ3) is 5.16. The van der Waals surface area contributed by atoms with E-state index < -0.39 is 18.5 Å². The zero-order valence-electron chi connectivity index (χ0n) is 15.3. The van der Waals surface area contributed by atoms with E-state index in [0.29, 0.717) is 4.88 Å². The van der Waals surface area contributed by atoms with Gasteiger partial charge in [0.25, 0.3) is 5.91 Å². The van der Waals surface area contributed by atoms with Crippen molar-refractivity contribution in [2.45, 2.75) is 20.8 Å². The minimum atomic E-state index is -0.537. The minimum Gasteiger partial charge on any atom is -0.451 e. The molecule has 6 nitrogen and oxygen atoms in total. The summed E-state index contributed by atoms with van der Waals surface area (Å²) in [5, 5.41) is 2.82. The van der Waals surface area contributed by atoms with Gasteiger partial charge in [0.1, 0.15) is 4.88 Å². The summed E-state index contributed by atoms with van der Waals surface area (Å²) in [4.78, 5) is 38.8. The molecule has 0 aliphatic carbocycles. The lowest BCUT2D eigenvalue weighted by atomic mass is 10.1. The summed E-state index contributed by atoms with van der Waals surface area (Å²) in [5.41, 5.74) is 2.65. The zero-order chi connectivity index (χ0) is 19.3. The summed E-state index contributed by atoms with van der Waals surface area (Å²) in [6.45, 7) is 5.17. The Hall–Kier alpha value is -2.67. The molecule has 0 spiro atoms. The lowest BCUT2D eigenvalue weighted by molar-refractivity contribution is -0.136. The van der Waals surface area contributed by atoms with Crippen LogP contribution >= 0.6 is 11.3 Å². The molecule has 0 saturated heterocycles. The van der Waals surface area contributed by atoms with Gasteiger partial charge in [0.05, 0.1) is 6.54 Å². The Kier molecular flexibility index (Phi) is 6.52. The first kappa shape index (κ1) is 19.7. The largest absolute Gasteiger partial charge is 0.451 e. The Balaban J connectivity index is 1.84. The van der Waals surface area contributed by atoms with Crippen LogP contribution in [0, 0.1) is 20.8 Å². The van der Waals surface area contributed by atoms with E-state index in [2.05, 4.69) is 5.32 Å². The number of carbonyl (C=O) groups is 3. The van der Waals surface area contributed by atoms with Crippen molar-refractivity contribution in [1.82, 2.24) is 4.90 Å². The number of rotatable bonds is 6. The summed E-state index contributed by atoms with van der Waals surface area (Å²) >= 11 is 1.31. The highest BCUT2D eigenvalue weighted by atomic mass is 32.1. The van der Waals surface area contributed by atoms with Crippen LogP contribution in [0.5, 0.6) is 0 Å². The van der Waals surface area contributed by atoms with Gasteiger partial charge in [-0.15, -0.1) is 11.3 Å². The molecule has 138 valence electrons. The fourth-order valence-electron chi connectivity index (χ4n) is 2.35. The van der Waals surface area contributed by atoms with Crippen LogP contribution in [0.15, 0.2) is 30.3 Å². The van der Waals surface area contributed by atoms with Crippen molar-refractivity contribution in [2.24, 2.45) is 0 Å². The highest BCUT2D eigenvalue weighted by Crippen LogP contribution is 2.19. The number of para-hydroxylation sites is 1. The zero-order valence-corrected chi connectivity index (χ0v) is 16.1. The molecule has 1 aromatic heterocycles. The second-order valence-corrected chi connectivity index (χ2v) is 7.34. The molecule has 26 heavy (non-hydrogen) atoms. The lowest BCUT2D eigenvalue weighted by Crippen LogP contribution is -2.37. The number of likely N-dealkylation sites (N-methyl/N-ethyl adjacent to an activating group) is 1. The average molecular weight is 374 g/mol. The number of benzene rings is 1. The molecule has 0 radical (unpaired) electrons. The van der Waals surface area contributed by atoms with Crippen molar-refractivity contribution in [3.63, 3.8) is 0 Å². The van der Waals surface area contributed by atoms with Gasteiger partial charge in [-0.25, -0.2) is 4.79 Å². The molecule has 2 rings (SSSR count). The molecular formula is C19H22N2O4S. The molecule has 0 aliphatic rings. The van der Waals surface area contributed by atoms with E-state index in [1.54, 1.807) is 6.07 Å². The summed E-state index contributed by atoms with van der Waals surface area (Å²) in [5.74, 6) is -1.29. The van der Waals surface area contributed by atoms with Crippen LogP contribution in [-0.4, -0.2) is 42.9 Å². The number of amides is 2. The molecule has 1 heterocycles. The van der Waals surface area contributed by atoms with E-state index >= 15 is 0 Å². The highest BCUT2D eigenvalue weighted by Gasteiger charge is 2.17. The molecule has 2 aromatic rings. The first-order chi connectivity index (χ1) is 12.3. The maximum atomic E-state index is 12.2. The number of ether oxygens (including phenoxy) is 1. The third-order valence-corrected chi connectivity index (χ3v) is 4.80. The van der Waals surface area contributed by atoms with Crippen molar-refractivity contribution in [3.8, 4) is 0 Å². The molecular weight excluding hydrogens is 352 g/mol. The molecule has 0 atom stereocenters. The Bertz CT molecular complexity index is 808. The maximum absolute atomic E-state index is 12.2. The van der Waals surface area contributed by atoms with Crippen LogP contribution < -0.4 is 5.32 Å². The number of nitrogens with zero attached hydrogens (tertiary/aromatic N) is 1. The Morgan fingerprint density at radius 2 is 1.73 bits per heavy atom. The molecule has 7 heteroatoms. The molecule has 2 amide bonds. The summed E-state index contributed by atoms with van der Waals surface area (Å²) in [6.07, 6.45) is 0. The first-order valence-electron chi connectivity index (χ1n) is 8.11. The van der Waals surface area contributed by atoms with Crippen molar-refractivity contribution in [1.29, 1.82) is 0 Å². The van der Waals surface area contributed by atoms with Crippen molar-refractivity contribution in [2.75, 3.05) is 25.5 Å². The van der Waals surface area contributed by atoms with Crippen molar-refractivity contribution in [3.05, 3.63) is 51.2 Å². The van der Waals surface area contributed by atoms with Crippen LogP contribution in [-0.2, 0) is 14.3 Å². The summed E-state index contributed by atoms with van der Waals surface area (Å²) in [7, 11) is 1.50. The van der Waals surface area contributed by atoms with Gasteiger partial charge in [-0.05, 0) is 44.0 Å². The number of hydrogen-bond donors (Lipinski definition) is 1. The van der Waals surface area contributed by atoms with Gasteiger partial charge in [0, 0.05) is 17.6 Å². The number of nitrogens with one attached hydrogen (secondary N) is 1. The fourth-order valence-corrected chi connectivity index (χ4v) is 3.11. The number of aryl methyl sites for hydroxylation is 3. The number of carbonyl (C=O) groups excluding carboxylic acids is 3. The molecule has 0 saturated carbocycles. The molecule has 1 aromatic carbocycles. The predicted octanol–water partition coefficient (Wildman–Crippen LogP) is 2.93. The third-order valence-electron chi connectivity index (χ3n) is 3.82. The van der Waals surface area contributed by atoms with Crippen LogP contribution in [0.1, 0.15) is 25.7 Å². The summed E-state index contributed by atoms with van der Waals surface area (Å²) < 4.78 is 5.01. The normalized spacial score (nSPS) is 10.3. The van der Waals surface area contributed by atoms with E-state index in [4.69, 9.17) is 4.74 Å². The molecule has 0 bridgehead atoms. The SMILES string of the molecule is Cc1ccc(C(=O)OCC(=O)N(C)CC(=O)Nc2c(C)cccc2C)s1. The van der Waals surface area contributed by atoms with Crippen LogP contribution in [0.2, 0.25) is 0 Å². The topological polar surface area (TPSA) is 75.7 Å². The molecule has 1 N–H and O–H groups in total. The standard InChI is InChI=1S/C19H22N2O4S/c1-12-6-5-7-13(2)18(12)20-16(22)10-21(4)17(23)11-25-19(24)15-9-8-14(3)26-15/h5-9H,10-11H2,1-4H3,(H,20,22). The quantitative estimate of drug-likeness (QED) is 0.789. The van der Waals surface area contributed by atoms with Gasteiger partial charge in [-0.2, -0.15) is 0 Å². The first-order valence-corrected chi connectivity index (χ1v) is 8.93.